The number of ketones is 1. The van der Waals surface area contributed by atoms with Gasteiger partial charge in [-0.25, -0.2) is 8.78 Å². The Labute approximate surface area is 442 Å². The van der Waals surface area contributed by atoms with Gasteiger partial charge in [-0.1, -0.05) is 104 Å². The van der Waals surface area contributed by atoms with E-state index in [0.29, 0.717) is 29.6 Å². The molecule has 0 radical (unpaired) electrons. The lowest BCUT2D eigenvalue weighted by atomic mass is 9.82. The first-order valence-corrected chi connectivity index (χ1v) is 27.8. The summed E-state index contributed by atoms with van der Waals surface area (Å²) in [4.78, 5) is 45.0. The number of halogens is 2. The van der Waals surface area contributed by atoms with E-state index in [2.05, 4.69) is 79.1 Å². The smallest absolute Gasteiger partial charge is 0.242 e. The van der Waals surface area contributed by atoms with Crippen LogP contribution < -0.4 is 16.4 Å². The molecule has 0 bridgehead atoms. The Morgan fingerprint density at radius 3 is 2.05 bits per heavy atom. The molecule has 2 aliphatic heterocycles. The molecule has 1 amide bonds. The lowest BCUT2D eigenvalue weighted by Crippen LogP contribution is -2.41. The fourth-order valence-corrected chi connectivity index (χ4v) is 9.50. The van der Waals surface area contributed by atoms with Crippen LogP contribution in [0.1, 0.15) is 176 Å². The van der Waals surface area contributed by atoms with E-state index in [9.17, 15) is 23.2 Å². The number of amides is 1. The molecule has 3 aliphatic rings. The van der Waals surface area contributed by atoms with Crippen molar-refractivity contribution in [2.75, 3.05) is 52.1 Å². The quantitative estimate of drug-likeness (QED) is 0.0989. The molecule has 2 aromatic rings. The van der Waals surface area contributed by atoms with E-state index < -0.39 is 12.2 Å². The number of likely N-dealkylation sites (N-methyl/N-ethyl adjacent to an activating group) is 2. The lowest BCUT2D eigenvalue weighted by molar-refractivity contribution is -0.121. The SMILES string of the molecule is CC.CC.CC(=O)C1=CC=C(C2CCN(C(C)/C(C)=C/c3c(C4=CN(C)C(N)C(F)=C4)ccnc3C)CC2)CC1.CCCC(CCC)CN(CCC)CCC.CNC(=O)C(CCC=O)Nc1ccc(C)c(F)c1. The van der Waals surface area contributed by atoms with Gasteiger partial charge in [0.1, 0.15) is 30.1 Å². The highest BCUT2D eigenvalue weighted by Crippen LogP contribution is 2.34. The van der Waals surface area contributed by atoms with Crippen LogP contribution in [0.2, 0.25) is 0 Å². The number of aryl methyl sites for hydroxylation is 2. The number of piperidine rings is 1. The zero-order valence-electron chi connectivity index (χ0n) is 48.1. The number of anilines is 1. The number of likely N-dealkylation sites (tertiary alicyclic amines) is 1. The number of rotatable bonds is 22. The van der Waals surface area contributed by atoms with Crippen LogP contribution in [0.25, 0.3) is 11.6 Å². The van der Waals surface area contributed by atoms with Crippen molar-refractivity contribution in [2.24, 2.45) is 17.6 Å². The van der Waals surface area contributed by atoms with Crippen LogP contribution in [0.5, 0.6) is 0 Å². The van der Waals surface area contributed by atoms with Crippen molar-refractivity contribution in [1.29, 1.82) is 0 Å². The van der Waals surface area contributed by atoms with Crippen LogP contribution in [-0.4, -0.2) is 103 Å². The monoisotopic (exact) mass is 1020 g/mol. The molecule has 12 heteroatoms. The topological polar surface area (TPSA) is 124 Å². The summed E-state index contributed by atoms with van der Waals surface area (Å²) in [7, 11) is 3.31. The third-order valence-corrected chi connectivity index (χ3v) is 13.8. The van der Waals surface area contributed by atoms with Crippen LogP contribution in [0.3, 0.4) is 0 Å². The number of hydrogen-bond donors (Lipinski definition) is 3. The summed E-state index contributed by atoms with van der Waals surface area (Å²) >= 11 is 0. The average molecular weight is 1020 g/mol. The number of Topliss-reactive ketones (excluding diaryl/α,β-unsaturated/α-hetero) is 1. The summed E-state index contributed by atoms with van der Waals surface area (Å²) in [5.41, 5.74) is 14.4. The maximum absolute atomic E-state index is 14.4. The van der Waals surface area contributed by atoms with Gasteiger partial charge in [0.05, 0.1) is 0 Å². The first-order chi connectivity index (χ1) is 35.0. The second-order valence-corrected chi connectivity index (χ2v) is 19.2. The number of aldehydes is 1. The highest BCUT2D eigenvalue weighted by molar-refractivity contribution is 5.93. The second kappa shape index (κ2) is 37.0. The van der Waals surface area contributed by atoms with Crippen molar-refractivity contribution in [2.45, 2.75) is 185 Å². The van der Waals surface area contributed by atoms with Crippen LogP contribution in [0.4, 0.5) is 14.5 Å². The van der Waals surface area contributed by atoms with Crippen molar-refractivity contribution in [3.63, 3.8) is 0 Å². The predicted octanol–water partition coefficient (Wildman–Crippen LogP) is 13.6. The number of hydrogen-bond acceptors (Lipinski definition) is 9. The number of nitrogens with two attached hydrogens (primary N) is 1. The van der Waals surface area contributed by atoms with Crippen molar-refractivity contribution in [1.82, 2.24) is 25.0 Å². The van der Waals surface area contributed by atoms with Gasteiger partial charge < -0.3 is 31.0 Å². The van der Waals surface area contributed by atoms with Gasteiger partial charge in [0.15, 0.2) is 5.78 Å². The predicted molar refractivity (Wildman–Crippen MR) is 306 cm³/mol. The van der Waals surface area contributed by atoms with Crippen LogP contribution in [0, 0.1) is 31.5 Å². The molecule has 73 heavy (non-hydrogen) atoms. The molecule has 1 aromatic carbocycles. The highest BCUT2D eigenvalue weighted by Gasteiger charge is 2.27. The number of aromatic nitrogens is 1. The second-order valence-electron chi connectivity index (χ2n) is 19.2. The highest BCUT2D eigenvalue weighted by atomic mass is 19.1. The maximum atomic E-state index is 14.4. The normalized spacial score (nSPS) is 16.8. The van der Waals surface area contributed by atoms with Gasteiger partial charge in [-0.15, -0.1) is 0 Å². The third kappa shape index (κ3) is 22.7. The van der Waals surface area contributed by atoms with E-state index >= 15 is 0 Å². The summed E-state index contributed by atoms with van der Waals surface area (Å²) in [5, 5.41) is 5.43. The Morgan fingerprint density at radius 2 is 1.55 bits per heavy atom. The average Bonchev–Trinajstić information content (AvgIpc) is 3.39. The molecule has 0 spiro atoms. The van der Waals surface area contributed by atoms with Crippen LogP contribution >= 0.6 is 0 Å². The molecule has 1 saturated heterocycles. The zero-order valence-corrected chi connectivity index (χ0v) is 48.1. The fourth-order valence-electron chi connectivity index (χ4n) is 9.50. The van der Waals surface area contributed by atoms with E-state index in [1.807, 2.05) is 53.0 Å². The molecule has 3 atom stereocenters. The van der Waals surface area contributed by atoms with Gasteiger partial charge >= 0.3 is 0 Å². The van der Waals surface area contributed by atoms with E-state index in [-0.39, 0.29) is 29.8 Å². The molecule has 3 unspecified atom stereocenters. The summed E-state index contributed by atoms with van der Waals surface area (Å²) in [6.07, 6.45) is 24.6. The number of nitrogens with zero attached hydrogens (tertiary/aromatic N) is 4. The fraction of sp³-hybridized carbons (Fsp3) is 0.607. The molecule has 10 nitrogen and oxygen atoms in total. The molecular formula is C61H99F2N7O3. The Morgan fingerprint density at radius 1 is 0.918 bits per heavy atom. The molecule has 0 saturated carbocycles. The third-order valence-electron chi connectivity index (χ3n) is 13.8. The summed E-state index contributed by atoms with van der Waals surface area (Å²) < 4.78 is 27.8. The van der Waals surface area contributed by atoms with E-state index in [1.165, 1.54) is 88.5 Å². The molecule has 4 N–H and O–H groups in total. The Balaban J connectivity index is 0.000000603. The molecule has 1 aromatic heterocycles. The molecule has 410 valence electrons. The first kappa shape index (κ1) is 66.2. The van der Waals surface area contributed by atoms with Gasteiger partial charge in [0, 0.05) is 68.0 Å². The number of carbonyl (C=O) groups is 3. The minimum Gasteiger partial charge on any atom is -0.374 e. The van der Waals surface area contributed by atoms with Crippen molar-refractivity contribution >= 4 is 35.3 Å². The zero-order chi connectivity index (χ0) is 55.0. The number of allylic oxidation sites excluding steroid dienone is 6. The molecule has 3 heterocycles. The maximum Gasteiger partial charge on any atom is 0.242 e. The summed E-state index contributed by atoms with van der Waals surface area (Å²) in [6, 6.07) is 6.39. The van der Waals surface area contributed by atoms with E-state index in [4.69, 9.17) is 5.73 Å². The molecular weight excluding hydrogens is 917 g/mol. The van der Waals surface area contributed by atoms with Crippen LogP contribution in [0.15, 0.2) is 77.4 Å². The van der Waals surface area contributed by atoms with E-state index in [1.54, 1.807) is 44.1 Å². The largest absolute Gasteiger partial charge is 0.374 e. The summed E-state index contributed by atoms with van der Waals surface area (Å²) in [5.74, 6) is 0.855. The molecule has 1 aliphatic carbocycles. The van der Waals surface area contributed by atoms with Gasteiger partial charge in [0.25, 0.3) is 0 Å². The van der Waals surface area contributed by atoms with Crippen molar-refractivity contribution in [3.8, 4) is 0 Å². The minimum atomic E-state index is -0.739. The Bertz CT molecular complexity index is 2080. The Kier molecular flexibility index (Phi) is 33.6. The van der Waals surface area contributed by atoms with E-state index in [0.717, 1.165) is 78.9 Å². The van der Waals surface area contributed by atoms with Gasteiger partial charge in [-0.3, -0.25) is 19.5 Å². The van der Waals surface area contributed by atoms with Gasteiger partial charge in [-0.2, -0.15) is 0 Å². The van der Waals surface area contributed by atoms with Gasteiger partial charge in [0.2, 0.25) is 5.91 Å². The summed E-state index contributed by atoms with van der Waals surface area (Å²) in [6.45, 7) is 33.0. The number of benzene rings is 1. The molecule has 5 rings (SSSR count). The number of carbonyl (C=O) groups excluding carboxylic acids is 3. The first-order valence-electron chi connectivity index (χ1n) is 27.8. The lowest BCUT2D eigenvalue weighted by Gasteiger charge is -2.38. The van der Waals surface area contributed by atoms with Crippen molar-refractivity contribution in [3.05, 3.63) is 106 Å². The van der Waals surface area contributed by atoms with Crippen LogP contribution in [-0.2, 0) is 14.4 Å². The standard InChI is InChI=1S/C30H39FN4O.C14H31N.C13H17FN2O2.2C2H6/c1-19(16-28-20(2)33-13-10-27(28)26-17-29(31)30(32)34(5)18-26)21(3)35-14-11-25(12-15-35)24-8-6-23(7-9-24)22(4)36;1-5-9-14(10-6-2)13-15(11-7-3)12-8-4;1-9-5-6-10(8-11(9)14)16-12(4-3-7-17)13(18)15-2;2*1-2/h6,8,10,13,16-18,21,25,30H,7,9,11-12,14-15,32H2,1-5H3;14H,5-13H2,1-4H3;5-8,12,16H,3-4H2,1-2H3,(H,15,18);2*1-2H3/b19-16+;;;;. The minimum absolute atomic E-state index is 0.194. The Hall–Kier alpha value is -4.78. The number of pyridine rings is 1. The number of nitrogens with one attached hydrogen (secondary N) is 2. The van der Waals surface area contributed by atoms with Crippen molar-refractivity contribution < 1.29 is 23.2 Å². The molecule has 1 fully saturated rings. The van der Waals surface area contributed by atoms with Gasteiger partial charge in [-0.05, 0) is 171 Å².